The van der Waals surface area contributed by atoms with Crippen molar-refractivity contribution < 1.29 is 15.0 Å². The molecule has 5 N–H and O–H groups in total. The third-order valence-corrected chi connectivity index (χ3v) is 3.92. The van der Waals surface area contributed by atoms with Gasteiger partial charge in [0.2, 0.25) is 0 Å². The van der Waals surface area contributed by atoms with E-state index in [0.717, 1.165) is 16.9 Å². The van der Waals surface area contributed by atoms with E-state index < -0.39 is 6.09 Å². The Hall–Kier alpha value is -2.06. The van der Waals surface area contributed by atoms with Gasteiger partial charge in [0.25, 0.3) is 0 Å². The van der Waals surface area contributed by atoms with Gasteiger partial charge in [0.1, 0.15) is 11.3 Å². The smallest absolute Gasteiger partial charge is 0.407 e. The normalized spacial score (nSPS) is 10.8. The van der Waals surface area contributed by atoms with E-state index in [4.69, 9.17) is 10.8 Å². The van der Waals surface area contributed by atoms with Gasteiger partial charge in [-0.25, -0.2) is 4.79 Å². The predicted molar refractivity (Wildman–Crippen MR) is 76.5 cm³/mol. The van der Waals surface area contributed by atoms with Gasteiger partial charge in [0.15, 0.2) is 0 Å². The summed E-state index contributed by atoms with van der Waals surface area (Å²) in [7, 11) is 0. The third-order valence-electron chi connectivity index (χ3n) is 2.96. The molecule has 1 amide bonds. The molecule has 108 valence electrons. The van der Waals surface area contributed by atoms with E-state index in [0.29, 0.717) is 23.2 Å². The number of hydrogen-bond acceptors (Lipinski definition) is 5. The molecule has 0 saturated carbocycles. The van der Waals surface area contributed by atoms with Crippen molar-refractivity contribution in [3.05, 3.63) is 27.4 Å². The molecule has 2 aromatic rings. The fraction of sp³-hybridized carbons (Fsp3) is 0.333. The molecule has 1 heterocycles. The number of fused-ring (bicyclic) bond motifs is 1. The van der Waals surface area contributed by atoms with Crippen LogP contribution in [0.3, 0.4) is 0 Å². The number of rotatable bonds is 5. The molecule has 0 aliphatic rings. The van der Waals surface area contributed by atoms with Crippen LogP contribution in [-0.4, -0.2) is 45.8 Å². The van der Waals surface area contributed by atoms with Crippen molar-refractivity contribution in [2.75, 3.05) is 19.6 Å². The number of thiazole rings is 1. The van der Waals surface area contributed by atoms with Crippen LogP contribution >= 0.6 is 11.3 Å². The van der Waals surface area contributed by atoms with E-state index in [2.05, 4.69) is 4.98 Å². The van der Waals surface area contributed by atoms with Gasteiger partial charge in [-0.05, 0) is 18.1 Å². The predicted octanol–water partition coefficient (Wildman–Crippen LogP) is 0.776. The number of aromatic amines is 1. The molecule has 0 atom stereocenters. The summed E-state index contributed by atoms with van der Waals surface area (Å²) in [5.74, 6) is 0.0131. The molecule has 20 heavy (non-hydrogen) atoms. The zero-order valence-electron chi connectivity index (χ0n) is 10.6. The Balaban J connectivity index is 2.23. The van der Waals surface area contributed by atoms with E-state index in [-0.39, 0.29) is 23.7 Å². The molecule has 7 nitrogen and oxygen atoms in total. The van der Waals surface area contributed by atoms with Gasteiger partial charge in [-0.3, -0.25) is 4.79 Å². The van der Waals surface area contributed by atoms with Gasteiger partial charge in [0.05, 0.1) is 4.70 Å². The molecule has 0 radical (unpaired) electrons. The lowest BCUT2D eigenvalue weighted by Gasteiger charge is -2.18. The first-order chi connectivity index (χ1) is 9.52. The molecule has 1 aromatic heterocycles. The lowest BCUT2D eigenvalue weighted by molar-refractivity contribution is 0.147. The van der Waals surface area contributed by atoms with Crippen LogP contribution < -0.4 is 10.6 Å². The largest absolute Gasteiger partial charge is 0.506 e. The Labute approximate surface area is 118 Å². The van der Waals surface area contributed by atoms with Crippen LogP contribution in [0.15, 0.2) is 16.9 Å². The molecule has 0 fully saturated rings. The number of phenolic OH excluding ortho intramolecular Hbond substituents is 1. The molecular weight excluding hydrogens is 282 g/mol. The number of carbonyl (C=O) groups is 1. The van der Waals surface area contributed by atoms with Crippen molar-refractivity contribution >= 4 is 27.6 Å². The SMILES string of the molecule is NCCN(CCc1ccc(O)c2[nH]c(=O)sc12)C(=O)O. The van der Waals surface area contributed by atoms with E-state index >= 15 is 0 Å². The van der Waals surface area contributed by atoms with Crippen molar-refractivity contribution in [2.24, 2.45) is 5.73 Å². The number of H-pyrrole nitrogens is 1. The van der Waals surface area contributed by atoms with Crippen LogP contribution in [0.5, 0.6) is 5.75 Å². The summed E-state index contributed by atoms with van der Waals surface area (Å²) in [6.07, 6.45) is -0.565. The second-order valence-corrected chi connectivity index (χ2v) is 5.25. The Morgan fingerprint density at radius 3 is 2.80 bits per heavy atom. The minimum Gasteiger partial charge on any atom is -0.506 e. The highest BCUT2D eigenvalue weighted by Gasteiger charge is 2.13. The number of phenols is 1. The van der Waals surface area contributed by atoms with Gasteiger partial charge < -0.3 is 25.8 Å². The van der Waals surface area contributed by atoms with Gasteiger partial charge in [-0.2, -0.15) is 0 Å². The molecule has 8 heteroatoms. The molecule has 1 aromatic carbocycles. The number of hydrogen-bond donors (Lipinski definition) is 4. The maximum atomic E-state index is 11.4. The second kappa shape index (κ2) is 5.93. The number of nitrogens with one attached hydrogen (secondary N) is 1. The summed E-state index contributed by atoms with van der Waals surface area (Å²) in [4.78, 5) is 25.9. The quantitative estimate of drug-likeness (QED) is 0.650. The van der Waals surface area contributed by atoms with E-state index in [9.17, 15) is 14.7 Å². The molecule has 0 aliphatic heterocycles. The summed E-state index contributed by atoms with van der Waals surface area (Å²) < 4.78 is 0.660. The summed E-state index contributed by atoms with van der Waals surface area (Å²) in [5, 5.41) is 18.7. The van der Waals surface area contributed by atoms with Crippen LogP contribution in [0.1, 0.15) is 5.56 Å². The van der Waals surface area contributed by atoms with Crippen LogP contribution in [0.2, 0.25) is 0 Å². The maximum absolute atomic E-state index is 11.4. The first-order valence-corrected chi connectivity index (χ1v) is 6.86. The summed E-state index contributed by atoms with van der Waals surface area (Å²) in [5.41, 5.74) is 6.59. The van der Waals surface area contributed by atoms with Gasteiger partial charge in [-0.1, -0.05) is 17.4 Å². The van der Waals surface area contributed by atoms with Crippen molar-refractivity contribution in [3.63, 3.8) is 0 Å². The Morgan fingerprint density at radius 2 is 2.15 bits per heavy atom. The van der Waals surface area contributed by atoms with Gasteiger partial charge in [0, 0.05) is 19.6 Å². The van der Waals surface area contributed by atoms with Crippen LogP contribution in [0, 0.1) is 0 Å². The molecule has 0 unspecified atom stereocenters. The average molecular weight is 297 g/mol. The number of amides is 1. The zero-order valence-corrected chi connectivity index (χ0v) is 11.4. The number of nitrogens with zero attached hydrogens (tertiary/aromatic N) is 1. The van der Waals surface area contributed by atoms with Crippen molar-refractivity contribution in [2.45, 2.75) is 6.42 Å². The number of aromatic nitrogens is 1. The van der Waals surface area contributed by atoms with Crippen molar-refractivity contribution in [1.82, 2.24) is 9.88 Å². The van der Waals surface area contributed by atoms with Gasteiger partial charge >= 0.3 is 11.0 Å². The third kappa shape index (κ3) is 2.91. The minimum atomic E-state index is -1.02. The fourth-order valence-electron chi connectivity index (χ4n) is 1.98. The summed E-state index contributed by atoms with van der Waals surface area (Å²) >= 11 is 1.00. The van der Waals surface area contributed by atoms with E-state index in [1.54, 1.807) is 6.07 Å². The first kappa shape index (κ1) is 14.4. The summed E-state index contributed by atoms with van der Waals surface area (Å²) in [6, 6.07) is 3.19. The maximum Gasteiger partial charge on any atom is 0.407 e. The number of aromatic hydroxyl groups is 1. The molecule has 2 rings (SSSR count). The Morgan fingerprint density at radius 1 is 1.40 bits per heavy atom. The molecular formula is C12H15N3O4S. The first-order valence-electron chi connectivity index (χ1n) is 6.04. The van der Waals surface area contributed by atoms with Crippen LogP contribution in [0.25, 0.3) is 10.2 Å². The molecule has 0 saturated heterocycles. The second-order valence-electron chi connectivity index (χ2n) is 4.27. The van der Waals surface area contributed by atoms with E-state index in [1.807, 2.05) is 0 Å². The van der Waals surface area contributed by atoms with E-state index in [1.165, 1.54) is 11.0 Å². The molecule has 0 bridgehead atoms. The van der Waals surface area contributed by atoms with Crippen LogP contribution in [0.4, 0.5) is 4.79 Å². The zero-order chi connectivity index (χ0) is 14.7. The lowest BCUT2D eigenvalue weighted by atomic mass is 10.1. The number of nitrogens with two attached hydrogens (primary N) is 1. The van der Waals surface area contributed by atoms with Crippen molar-refractivity contribution in [3.8, 4) is 5.75 Å². The number of carboxylic acid groups (broad SMARTS) is 1. The molecule has 0 aliphatic carbocycles. The average Bonchev–Trinajstić information content (AvgIpc) is 2.79. The summed E-state index contributed by atoms with van der Waals surface area (Å²) in [6.45, 7) is 0.813. The van der Waals surface area contributed by atoms with Crippen LogP contribution in [-0.2, 0) is 6.42 Å². The highest BCUT2D eigenvalue weighted by molar-refractivity contribution is 7.16. The standard InChI is InChI=1S/C12H15N3O4S/c13-4-6-15(12(18)19)5-3-7-1-2-8(16)9-10(7)20-11(17)14-9/h1-2,16H,3-6,13H2,(H,14,17)(H,18,19). The fourth-order valence-corrected chi connectivity index (χ4v) is 2.88. The van der Waals surface area contributed by atoms with Gasteiger partial charge in [-0.15, -0.1) is 0 Å². The minimum absolute atomic E-state index is 0.0131. The highest BCUT2D eigenvalue weighted by atomic mass is 32.1. The Bertz CT molecular complexity index is 679. The monoisotopic (exact) mass is 297 g/mol. The highest BCUT2D eigenvalue weighted by Crippen LogP contribution is 2.28. The number of benzene rings is 1. The topological polar surface area (TPSA) is 120 Å². The lowest BCUT2D eigenvalue weighted by Crippen LogP contribution is -2.35. The molecule has 0 spiro atoms. The van der Waals surface area contributed by atoms with Crippen molar-refractivity contribution in [1.29, 1.82) is 0 Å². The Kier molecular flexibility index (Phi) is 4.26.